The Kier molecular flexibility index (Phi) is 1.07. The van der Waals surface area contributed by atoms with Gasteiger partial charge in [-0.25, -0.2) is 0 Å². The van der Waals surface area contributed by atoms with E-state index in [0.717, 1.165) is 12.8 Å². The van der Waals surface area contributed by atoms with Crippen LogP contribution >= 0.6 is 0 Å². The molecule has 0 N–H and O–H groups in total. The second-order valence-corrected chi connectivity index (χ2v) is 1.85. The Morgan fingerprint density at radius 1 is 1.71 bits per heavy atom. The van der Waals surface area contributed by atoms with Crippen LogP contribution in [0.3, 0.4) is 0 Å². The molecule has 7 heavy (non-hydrogen) atoms. The van der Waals surface area contributed by atoms with E-state index in [4.69, 9.17) is 4.74 Å². The summed E-state index contributed by atoms with van der Waals surface area (Å²) in [6.07, 6.45) is 3.16. The second-order valence-electron chi connectivity index (χ2n) is 1.85. The van der Waals surface area contributed by atoms with Crippen molar-refractivity contribution in [2.24, 2.45) is 0 Å². The molecule has 0 radical (unpaired) electrons. The van der Waals surface area contributed by atoms with Crippen LogP contribution in [0.2, 0.25) is 0 Å². The Morgan fingerprint density at radius 3 is 2.43 bits per heavy atom. The lowest BCUT2D eigenvalue weighted by Gasteiger charge is -2.11. The third-order valence-corrected chi connectivity index (χ3v) is 1.18. The lowest BCUT2D eigenvalue weighted by atomic mass is 9.91. The van der Waals surface area contributed by atoms with Crippen molar-refractivity contribution >= 4 is 0 Å². The van der Waals surface area contributed by atoms with E-state index in [-0.39, 0.29) is 0 Å². The molecule has 0 aromatic rings. The fourth-order valence-electron chi connectivity index (χ4n) is 0.650. The van der Waals surface area contributed by atoms with Gasteiger partial charge in [0.05, 0.1) is 7.11 Å². The summed E-state index contributed by atoms with van der Waals surface area (Å²) in [6, 6.07) is 0. The molecule has 0 bridgehead atoms. The minimum atomic E-state index is 0.997. The SMILES string of the molecule is C=C1C[C+](OC)C1. The number of rotatable bonds is 1. The van der Waals surface area contributed by atoms with Gasteiger partial charge in [0.2, 0.25) is 6.10 Å². The minimum Gasteiger partial charge on any atom is -0.196 e. The molecule has 0 saturated heterocycles. The maximum absolute atomic E-state index is 4.91. The molecule has 0 spiro atoms. The van der Waals surface area contributed by atoms with Crippen molar-refractivity contribution in [3.8, 4) is 0 Å². The third-order valence-electron chi connectivity index (χ3n) is 1.18. The van der Waals surface area contributed by atoms with Crippen LogP contribution in [0.4, 0.5) is 0 Å². The van der Waals surface area contributed by atoms with E-state index in [1.807, 2.05) is 0 Å². The average molecular weight is 97.1 g/mol. The summed E-state index contributed by atoms with van der Waals surface area (Å²) in [5, 5.41) is 0. The highest BCUT2D eigenvalue weighted by atomic mass is 16.5. The van der Waals surface area contributed by atoms with Crippen molar-refractivity contribution in [2.45, 2.75) is 12.8 Å². The molecule has 38 valence electrons. The highest BCUT2D eigenvalue weighted by Crippen LogP contribution is 2.33. The van der Waals surface area contributed by atoms with Gasteiger partial charge in [0.25, 0.3) is 0 Å². The average Bonchev–Trinajstić information content (AvgIpc) is 1.58. The molecule has 0 aliphatic heterocycles. The topological polar surface area (TPSA) is 9.23 Å². The molecule has 1 aliphatic rings. The second kappa shape index (κ2) is 1.58. The molecule has 0 unspecified atom stereocenters. The molecule has 0 atom stereocenters. The zero-order valence-electron chi connectivity index (χ0n) is 4.53. The smallest absolute Gasteiger partial charge is 0.196 e. The molecular weight excluding hydrogens is 88.1 g/mol. The molecule has 0 aromatic carbocycles. The lowest BCUT2D eigenvalue weighted by molar-refractivity contribution is 0.172. The van der Waals surface area contributed by atoms with Crippen molar-refractivity contribution in [3.63, 3.8) is 0 Å². The van der Waals surface area contributed by atoms with Crippen LogP contribution < -0.4 is 0 Å². The van der Waals surface area contributed by atoms with Gasteiger partial charge in [0, 0.05) is 5.57 Å². The summed E-state index contributed by atoms with van der Waals surface area (Å²) >= 11 is 0. The van der Waals surface area contributed by atoms with E-state index in [0.29, 0.717) is 0 Å². The van der Waals surface area contributed by atoms with E-state index in [1.165, 1.54) is 11.7 Å². The number of ether oxygens (including phenoxy) is 1. The number of hydrogen-bond acceptors (Lipinski definition) is 1. The number of methoxy groups -OCH3 is 1. The molecule has 1 heteroatoms. The zero-order chi connectivity index (χ0) is 5.28. The normalized spacial score (nSPS) is 19.6. The van der Waals surface area contributed by atoms with Crippen molar-refractivity contribution in [3.05, 3.63) is 18.3 Å². The van der Waals surface area contributed by atoms with Gasteiger partial charge in [0.15, 0.2) is 0 Å². The van der Waals surface area contributed by atoms with Crippen LogP contribution in [0.5, 0.6) is 0 Å². The van der Waals surface area contributed by atoms with E-state index in [2.05, 4.69) is 6.58 Å². The maximum Gasteiger partial charge on any atom is 0.249 e. The summed E-state index contributed by atoms with van der Waals surface area (Å²) < 4.78 is 4.91. The first-order valence-corrected chi connectivity index (χ1v) is 2.38. The van der Waals surface area contributed by atoms with Gasteiger partial charge < -0.3 is 0 Å². The summed E-state index contributed by atoms with van der Waals surface area (Å²) in [6.45, 7) is 3.76. The molecule has 1 fully saturated rings. The van der Waals surface area contributed by atoms with Crippen LogP contribution in [0, 0.1) is 6.10 Å². The Hall–Kier alpha value is -0.430. The quantitative estimate of drug-likeness (QED) is 0.356. The molecule has 0 aromatic heterocycles. The van der Waals surface area contributed by atoms with Gasteiger partial charge in [-0.15, -0.1) is 0 Å². The highest BCUT2D eigenvalue weighted by Gasteiger charge is 2.34. The first kappa shape index (κ1) is 4.72. The standard InChI is InChI=1S/C6H9O/c1-5-3-6(4-5)7-2/h1,3-4H2,2H3/q+1. The summed E-state index contributed by atoms with van der Waals surface area (Å²) in [5.74, 6) is 0. The van der Waals surface area contributed by atoms with Crippen LogP contribution in [0.25, 0.3) is 0 Å². The van der Waals surface area contributed by atoms with E-state index in [1.54, 1.807) is 7.11 Å². The van der Waals surface area contributed by atoms with Gasteiger partial charge >= 0.3 is 0 Å². The molecule has 1 nitrogen and oxygen atoms in total. The number of hydrogen-bond donors (Lipinski definition) is 0. The molecule has 1 rings (SSSR count). The van der Waals surface area contributed by atoms with Crippen molar-refractivity contribution in [1.82, 2.24) is 0 Å². The van der Waals surface area contributed by atoms with Crippen LogP contribution in [0.15, 0.2) is 12.2 Å². The van der Waals surface area contributed by atoms with Crippen molar-refractivity contribution in [2.75, 3.05) is 7.11 Å². The molecule has 0 amide bonds. The molecular formula is C6H9O+. The zero-order valence-corrected chi connectivity index (χ0v) is 4.53. The predicted molar refractivity (Wildman–Crippen MR) is 28.6 cm³/mol. The fraction of sp³-hybridized carbons (Fsp3) is 0.500. The third kappa shape index (κ3) is 0.775. The Labute approximate surface area is 44.0 Å². The van der Waals surface area contributed by atoms with Crippen molar-refractivity contribution < 1.29 is 4.74 Å². The van der Waals surface area contributed by atoms with E-state index >= 15 is 0 Å². The fourth-order valence-corrected chi connectivity index (χ4v) is 0.650. The van der Waals surface area contributed by atoms with Gasteiger partial charge in [-0.3, -0.25) is 0 Å². The van der Waals surface area contributed by atoms with Gasteiger partial charge in [-0.1, -0.05) is 6.58 Å². The van der Waals surface area contributed by atoms with Gasteiger partial charge in [-0.2, -0.15) is 4.74 Å². The maximum atomic E-state index is 4.91. The van der Waals surface area contributed by atoms with Gasteiger partial charge in [-0.05, 0) is 0 Å². The molecule has 1 aliphatic carbocycles. The summed E-state index contributed by atoms with van der Waals surface area (Å²) in [5.41, 5.74) is 1.29. The summed E-state index contributed by atoms with van der Waals surface area (Å²) in [4.78, 5) is 0. The predicted octanol–water partition coefficient (Wildman–Crippen LogP) is 1.51. The van der Waals surface area contributed by atoms with E-state index < -0.39 is 0 Å². The Bertz CT molecular complexity index is 78.2. The lowest BCUT2D eigenvalue weighted by Crippen LogP contribution is -2.12. The molecule has 1 saturated carbocycles. The Morgan fingerprint density at radius 2 is 2.29 bits per heavy atom. The highest BCUT2D eigenvalue weighted by molar-refractivity contribution is 5.18. The van der Waals surface area contributed by atoms with Gasteiger partial charge in [0.1, 0.15) is 12.8 Å². The largest absolute Gasteiger partial charge is 0.249 e. The Balaban J connectivity index is 2.17. The van der Waals surface area contributed by atoms with Crippen LogP contribution in [-0.4, -0.2) is 7.11 Å². The van der Waals surface area contributed by atoms with E-state index in [9.17, 15) is 0 Å². The summed E-state index contributed by atoms with van der Waals surface area (Å²) in [7, 11) is 1.71. The first-order chi connectivity index (χ1) is 3.33. The molecule has 0 heterocycles. The monoisotopic (exact) mass is 97.1 g/mol. The van der Waals surface area contributed by atoms with Crippen LogP contribution in [0.1, 0.15) is 12.8 Å². The minimum absolute atomic E-state index is 0.997. The van der Waals surface area contributed by atoms with Crippen molar-refractivity contribution in [1.29, 1.82) is 0 Å². The first-order valence-electron chi connectivity index (χ1n) is 2.38. The van der Waals surface area contributed by atoms with Crippen LogP contribution in [-0.2, 0) is 4.74 Å².